The van der Waals surface area contributed by atoms with E-state index >= 15 is 0 Å². The first kappa shape index (κ1) is 15.5. The molecule has 2 heteroatoms. The molecule has 0 saturated carbocycles. The zero-order valence-electron chi connectivity index (χ0n) is 14.3. The number of pyridine rings is 1. The highest BCUT2D eigenvalue weighted by molar-refractivity contribution is 5.87. The Morgan fingerprint density at radius 2 is 2.09 bits per heavy atom. The zero-order valence-corrected chi connectivity index (χ0v) is 14.3. The summed E-state index contributed by atoms with van der Waals surface area (Å²) in [5.74, 6) is 0.933. The van der Waals surface area contributed by atoms with E-state index < -0.39 is 0 Å². The molecule has 1 N–H and O–H groups in total. The number of nitrogens with one attached hydrogen (secondary N) is 1. The minimum Gasteiger partial charge on any atom is -0.361 e. The van der Waals surface area contributed by atoms with E-state index in [9.17, 15) is 0 Å². The lowest BCUT2D eigenvalue weighted by molar-refractivity contribution is -0.570. The first-order valence-electron chi connectivity index (χ1n) is 8.28. The van der Waals surface area contributed by atoms with Gasteiger partial charge in [0.2, 0.25) is 5.69 Å². The molecule has 1 aliphatic rings. The third kappa shape index (κ3) is 2.59. The van der Waals surface area contributed by atoms with Gasteiger partial charge < -0.3 is 4.98 Å². The molecule has 2 heterocycles. The van der Waals surface area contributed by atoms with Crippen molar-refractivity contribution in [2.75, 3.05) is 0 Å². The standard InChI is InChI=1S/C21H24N2/c1-6-16-18-13-17(20-10-8-9-11-23(20)7-2)15(5)12-19(18)22-21(16)14(3)4/h6-11,13-15H,1-2,12H2,3-5H3/p+1. The van der Waals surface area contributed by atoms with Crippen LogP contribution in [0.25, 0.3) is 23.9 Å². The molecule has 1 aliphatic carbocycles. The van der Waals surface area contributed by atoms with Crippen molar-refractivity contribution < 1.29 is 4.57 Å². The Balaban J connectivity index is 2.19. The number of rotatable bonds is 4. The van der Waals surface area contributed by atoms with E-state index in [0.717, 1.165) is 6.42 Å². The Morgan fingerprint density at radius 3 is 2.74 bits per heavy atom. The number of hydrogen-bond donors (Lipinski definition) is 1. The number of aromatic nitrogens is 2. The monoisotopic (exact) mass is 305 g/mol. The number of aromatic amines is 1. The van der Waals surface area contributed by atoms with Crippen LogP contribution in [-0.4, -0.2) is 4.98 Å². The van der Waals surface area contributed by atoms with Gasteiger partial charge in [0.25, 0.3) is 0 Å². The molecule has 23 heavy (non-hydrogen) atoms. The average molecular weight is 305 g/mol. The quantitative estimate of drug-likeness (QED) is 0.775. The summed E-state index contributed by atoms with van der Waals surface area (Å²) in [7, 11) is 0. The third-order valence-electron chi connectivity index (χ3n) is 4.70. The fraction of sp³-hybridized carbons (Fsp3) is 0.286. The average Bonchev–Trinajstić information content (AvgIpc) is 2.91. The molecular weight excluding hydrogens is 280 g/mol. The number of hydrogen-bond acceptors (Lipinski definition) is 0. The molecule has 2 nitrogen and oxygen atoms in total. The molecule has 0 fully saturated rings. The summed E-state index contributed by atoms with van der Waals surface area (Å²) in [6.45, 7) is 14.7. The lowest BCUT2D eigenvalue weighted by Crippen LogP contribution is -2.31. The topological polar surface area (TPSA) is 19.7 Å². The van der Waals surface area contributed by atoms with E-state index in [4.69, 9.17) is 0 Å². The Labute approximate surface area is 138 Å². The van der Waals surface area contributed by atoms with Crippen LogP contribution in [0.2, 0.25) is 0 Å². The predicted molar refractivity (Wildman–Crippen MR) is 98.7 cm³/mol. The minimum atomic E-state index is 0.465. The van der Waals surface area contributed by atoms with Gasteiger partial charge in [0.15, 0.2) is 12.4 Å². The van der Waals surface area contributed by atoms with Crippen LogP contribution in [0.15, 0.2) is 37.6 Å². The lowest BCUT2D eigenvalue weighted by Gasteiger charge is -2.19. The number of allylic oxidation sites excluding steroid dienone is 1. The van der Waals surface area contributed by atoms with Crippen LogP contribution in [0.5, 0.6) is 0 Å². The van der Waals surface area contributed by atoms with Crippen LogP contribution in [0.3, 0.4) is 0 Å². The molecule has 0 amide bonds. The van der Waals surface area contributed by atoms with Gasteiger partial charge in [-0.3, -0.25) is 0 Å². The van der Waals surface area contributed by atoms with E-state index in [1.165, 1.54) is 33.8 Å². The largest absolute Gasteiger partial charge is 0.361 e. The minimum absolute atomic E-state index is 0.465. The Morgan fingerprint density at radius 1 is 1.30 bits per heavy atom. The second kappa shape index (κ2) is 6.04. The van der Waals surface area contributed by atoms with Crippen LogP contribution in [0.4, 0.5) is 0 Å². The molecule has 1 unspecified atom stereocenters. The van der Waals surface area contributed by atoms with E-state index in [0.29, 0.717) is 11.8 Å². The maximum atomic E-state index is 4.03. The van der Waals surface area contributed by atoms with Crippen LogP contribution in [-0.2, 0) is 6.42 Å². The third-order valence-corrected chi connectivity index (χ3v) is 4.70. The summed E-state index contributed by atoms with van der Waals surface area (Å²) in [6.07, 6.45) is 9.26. The summed E-state index contributed by atoms with van der Waals surface area (Å²) >= 11 is 0. The van der Waals surface area contributed by atoms with Gasteiger partial charge in [-0.1, -0.05) is 33.4 Å². The Kier molecular flexibility index (Phi) is 4.08. The highest BCUT2D eigenvalue weighted by Gasteiger charge is 2.28. The smallest absolute Gasteiger partial charge is 0.214 e. The van der Waals surface area contributed by atoms with Crippen molar-refractivity contribution in [2.24, 2.45) is 5.92 Å². The molecular formula is C21H25N2+. The van der Waals surface area contributed by atoms with Crippen molar-refractivity contribution in [2.45, 2.75) is 33.1 Å². The molecule has 1 atom stereocenters. The molecule has 2 aromatic heterocycles. The van der Waals surface area contributed by atoms with Gasteiger partial charge >= 0.3 is 0 Å². The zero-order chi connectivity index (χ0) is 16.6. The number of nitrogens with zero attached hydrogens (tertiary/aromatic N) is 1. The van der Waals surface area contributed by atoms with Crippen molar-refractivity contribution in [3.63, 3.8) is 0 Å². The van der Waals surface area contributed by atoms with Crippen LogP contribution in [0, 0.1) is 5.92 Å². The normalized spacial score (nSPS) is 16.9. The van der Waals surface area contributed by atoms with E-state index in [1.807, 2.05) is 18.3 Å². The van der Waals surface area contributed by atoms with E-state index in [1.54, 1.807) is 0 Å². The summed E-state index contributed by atoms with van der Waals surface area (Å²) < 4.78 is 2.09. The van der Waals surface area contributed by atoms with E-state index in [2.05, 4.69) is 67.9 Å². The summed E-state index contributed by atoms with van der Waals surface area (Å²) in [6, 6.07) is 6.29. The lowest BCUT2D eigenvalue weighted by atomic mass is 9.84. The van der Waals surface area contributed by atoms with Crippen molar-refractivity contribution in [3.8, 4) is 0 Å². The van der Waals surface area contributed by atoms with Gasteiger partial charge in [-0.05, 0) is 37.0 Å². The number of H-pyrrole nitrogens is 1. The second-order valence-corrected chi connectivity index (χ2v) is 6.58. The molecule has 0 spiro atoms. The molecule has 0 aliphatic heterocycles. The second-order valence-electron chi connectivity index (χ2n) is 6.58. The summed E-state index contributed by atoms with van der Waals surface area (Å²) in [5, 5.41) is 0. The first-order valence-corrected chi connectivity index (χ1v) is 8.28. The van der Waals surface area contributed by atoms with Crippen LogP contribution >= 0.6 is 0 Å². The first-order chi connectivity index (χ1) is 11.1. The van der Waals surface area contributed by atoms with Gasteiger partial charge in [0.1, 0.15) is 0 Å². The SMILES string of the molecule is C=Cc1c(C(C)C)[nH]c2c1C=C(c1cccc[n+]1C=C)C(C)C2. The van der Waals surface area contributed by atoms with Crippen LogP contribution < -0.4 is 4.57 Å². The molecule has 0 saturated heterocycles. The van der Waals surface area contributed by atoms with Gasteiger partial charge in [-0.15, -0.1) is 0 Å². The number of fused-ring (bicyclic) bond motifs is 1. The Bertz CT molecular complexity index is 790. The molecule has 0 aromatic carbocycles. The fourth-order valence-electron chi connectivity index (χ4n) is 3.51. The Hall–Kier alpha value is -2.35. The molecule has 3 rings (SSSR count). The van der Waals surface area contributed by atoms with Crippen molar-refractivity contribution in [1.82, 2.24) is 4.98 Å². The van der Waals surface area contributed by atoms with Gasteiger partial charge in [0.05, 0.1) is 0 Å². The maximum Gasteiger partial charge on any atom is 0.214 e. The van der Waals surface area contributed by atoms with Crippen molar-refractivity contribution >= 4 is 23.9 Å². The fourth-order valence-corrected chi connectivity index (χ4v) is 3.51. The maximum absolute atomic E-state index is 4.03. The molecule has 118 valence electrons. The molecule has 0 radical (unpaired) electrons. The summed E-state index contributed by atoms with van der Waals surface area (Å²) in [5.41, 5.74) is 7.75. The predicted octanol–water partition coefficient (Wildman–Crippen LogP) is 4.90. The highest BCUT2D eigenvalue weighted by atomic mass is 14.9. The van der Waals surface area contributed by atoms with Gasteiger partial charge in [0, 0.05) is 40.2 Å². The summed E-state index contributed by atoms with van der Waals surface area (Å²) in [4.78, 5) is 3.64. The van der Waals surface area contributed by atoms with Crippen LogP contribution in [0.1, 0.15) is 54.9 Å². The highest BCUT2D eigenvalue weighted by Crippen LogP contribution is 2.38. The molecule has 2 aromatic rings. The van der Waals surface area contributed by atoms with Crippen molar-refractivity contribution in [1.29, 1.82) is 0 Å². The van der Waals surface area contributed by atoms with Gasteiger partial charge in [-0.2, -0.15) is 4.57 Å². The molecule has 0 bridgehead atoms. The van der Waals surface area contributed by atoms with Crippen molar-refractivity contribution in [3.05, 3.63) is 65.8 Å². The van der Waals surface area contributed by atoms with Gasteiger partial charge in [-0.25, -0.2) is 0 Å². The van der Waals surface area contributed by atoms with E-state index in [-0.39, 0.29) is 0 Å².